The number of hydrogen-bond donors (Lipinski definition) is 3. The summed E-state index contributed by atoms with van der Waals surface area (Å²) >= 11 is 1.70. The van der Waals surface area contributed by atoms with Crippen LogP contribution in [0.5, 0.6) is 0 Å². The van der Waals surface area contributed by atoms with Crippen LogP contribution in [0.15, 0.2) is 0 Å². The molecule has 0 aromatic rings. The molecule has 0 saturated heterocycles. The first-order valence-electron chi connectivity index (χ1n) is 28.1. The van der Waals surface area contributed by atoms with Gasteiger partial charge in [0.2, 0.25) is 0 Å². The van der Waals surface area contributed by atoms with Gasteiger partial charge < -0.3 is 15.3 Å². The van der Waals surface area contributed by atoms with Crippen molar-refractivity contribution in [3.63, 3.8) is 0 Å². The van der Waals surface area contributed by atoms with Crippen molar-refractivity contribution in [3.05, 3.63) is 0 Å². The van der Waals surface area contributed by atoms with Gasteiger partial charge in [0.1, 0.15) is 0 Å². The van der Waals surface area contributed by atoms with Crippen LogP contribution in [0.4, 0.5) is 0 Å². The average molecular weight is 960 g/mol. The van der Waals surface area contributed by atoms with E-state index in [1.807, 2.05) is 13.8 Å². The molecule has 0 rings (SSSR count). The Hall–Kier alpha value is -0.916. The third kappa shape index (κ3) is 86.8. The summed E-state index contributed by atoms with van der Waals surface area (Å²) in [5, 5.41) is 25.6. The quantitative estimate of drug-likeness (QED) is 0.0410. The minimum absolute atomic E-state index is 0.344. The summed E-state index contributed by atoms with van der Waals surface area (Å²) < 4.78 is 4.75. The second kappa shape index (κ2) is 61.1. The first kappa shape index (κ1) is 70.6. The van der Waals surface area contributed by atoms with Crippen molar-refractivity contribution >= 4 is 17.9 Å². The molecule has 8 heteroatoms. The Balaban J connectivity index is -0.000000407. The van der Waals surface area contributed by atoms with E-state index >= 15 is 0 Å². The molecule has 0 heterocycles. The predicted molar refractivity (Wildman–Crippen MR) is 278 cm³/mol. The molecule has 0 aliphatic rings. The Kier molecular flexibility index (Phi) is 66.4. The molecule has 0 aromatic heterocycles. The van der Waals surface area contributed by atoms with E-state index in [1.54, 1.807) is 20.8 Å². The topological polar surface area (TPSA) is 121 Å². The fraction of sp³-hybridized carbons (Fsp3) is 0.947. The van der Waals surface area contributed by atoms with Crippen molar-refractivity contribution < 1.29 is 53.8 Å². The Bertz CT molecular complexity index is 814. The van der Waals surface area contributed by atoms with Crippen LogP contribution < -0.4 is 0 Å². The van der Waals surface area contributed by atoms with Crippen molar-refractivity contribution in [2.24, 2.45) is 17.8 Å². The summed E-state index contributed by atoms with van der Waals surface area (Å²) in [6, 6.07) is 0. The third-order valence-electron chi connectivity index (χ3n) is 12.0. The van der Waals surface area contributed by atoms with Gasteiger partial charge in [-0.25, -0.2) is 0 Å². The van der Waals surface area contributed by atoms with Gasteiger partial charge >= 0.3 is 62.0 Å². The molecule has 0 amide bonds. The summed E-state index contributed by atoms with van der Waals surface area (Å²) in [7, 11) is 0. The molecule has 0 unspecified atom stereocenters. The van der Waals surface area contributed by atoms with Crippen molar-refractivity contribution in [1.82, 2.24) is 0 Å². The van der Waals surface area contributed by atoms with Crippen LogP contribution in [-0.2, 0) is 38.5 Å². The second-order valence-corrected chi connectivity index (χ2v) is 21.2. The van der Waals surface area contributed by atoms with E-state index in [0.29, 0.717) is 25.4 Å². The van der Waals surface area contributed by atoms with Gasteiger partial charge in [0, 0.05) is 19.3 Å². The SMILES string of the molecule is CC(C)CCCCCCCCCCCCCCC(=O)O.CC(C)CCCCCCCCCCCCCCC(=O)O.CC(C)CCCCCCCCCCCCCCC(=O)O.CC(C)[O][Ti]. The van der Waals surface area contributed by atoms with Gasteiger partial charge in [-0.15, -0.1) is 0 Å². The molecular weight excluding hydrogens is 844 g/mol. The van der Waals surface area contributed by atoms with E-state index in [9.17, 15) is 14.4 Å². The predicted octanol–water partition coefficient (Wildman–Crippen LogP) is 19.4. The van der Waals surface area contributed by atoms with Crippen molar-refractivity contribution in [2.45, 2.75) is 331 Å². The first-order valence-corrected chi connectivity index (χ1v) is 28.8. The molecule has 3 N–H and O–H groups in total. The average Bonchev–Trinajstić information content (AvgIpc) is 3.24. The molecule has 0 radical (unpaired) electrons. The van der Waals surface area contributed by atoms with E-state index in [1.165, 1.54) is 212 Å². The van der Waals surface area contributed by atoms with Gasteiger partial charge in [-0.2, -0.15) is 0 Å². The molecule has 0 saturated carbocycles. The van der Waals surface area contributed by atoms with E-state index in [4.69, 9.17) is 18.6 Å². The molecule has 0 spiro atoms. The molecule has 0 aliphatic carbocycles. The summed E-state index contributed by atoms with van der Waals surface area (Å²) in [6.45, 7) is 17.8. The zero-order valence-corrected chi connectivity index (χ0v) is 46.5. The number of rotatable bonds is 46. The van der Waals surface area contributed by atoms with Gasteiger partial charge in [0.15, 0.2) is 0 Å². The van der Waals surface area contributed by atoms with Crippen LogP contribution in [0.1, 0.15) is 325 Å². The Morgan fingerprint density at radius 3 is 0.523 bits per heavy atom. The van der Waals surface area contributed by atoms with Gasteiger partial charge in [0.05, 0.1) is 0 Å². The van der Waals surface area contributed by atoms with Crippen LogP contribution in [0.2, 0.25) is 0 Å². The van der Waals surface area contributed by atoms with Gasteiger partial charge in [0.25, 0.3) is 0 Å². The zero-order valence-electron chi connectivity index (χ0n) is 45.0. The third-order valence-corrected chi connectivity index (χ3v) is 12.7. The van der Waals surface area contributed by atoms with Crippen LogP contribution in [0.25, 0.3) is 0 Å². The molecule has 0 aliphatic heterocycles. The maximum atomic E-state index is 10.3. The molecule has 65 heavy (non-hydrogen) atoms. The summed E-state index contributed by atoms with van der Waals surface area (Å²) in [5.74, 6) is 0.636. The van der Waals surface area contributed by atoms with Gasteiger partial charge in [-0.3, -0.25) is 14.4 Å². The number of carboxylic acids is 3. The van der Waals surface area contributed by atoms with Crippen molar-refractivity contribution in [2.75, 3.05) is 0 Å². The summed E-state index contributed by atoms with van der Waals surface area (Å²) in [4.78, 5) is 31.0. The number of hydrogen-bond acceptors (Lipinski definition) is 4. The minimum atomic E-state index is -0.654. The molecule has 0 atom stereocenters. The van der Waals surface area contributed by atoms with Crippen molar-refractivity contribution in [1.29, 1.82) is 0 Å². The maximum absolute atomic E-state index is 10.3. The molecular formula is C57H115O7Ti. The zero-order chi connectivity index (χ0) is 49.4. The molecule has 0 fully saturated rings. The molecule has 0 aromatic carbocycles. The number of aliphatic carboxylic acids is 3. The van der Waals surface area contributed by atoms with E-state index in [2.05, 4.69) is 41.5 Å². The molecule has 7 nitrogen and oxygen atoms in total. The number of unbranched alkanes of at least 4 members (excludes halogenated alkanes) is 33. The normalized spacial score (nSPS) is 11.0. The number of carbonyl (C=O) groups is 3. The first-order chi connectivity index (χ1) is 31.1. The van der Waals surface area contributed by atoms with Crippen LogP contribution in [0.3, 0.4) is 0 Å². The fourth-order valence-electron chi connectivity index (χ4n) is 7.79. The fourth-order valence-corrected chi connectivity index (χ4v) is 7.79. The molecule has 389 valence electrons. The van der Waals surface area contributed by atoms with Crippen LogP contribution >= 0.6 is 0 Å². The summed E-state index contributed by atoms with van der Waals surface area (Å²) in [6.07, 6.45) is 52.4. The molecule has 0 bridgehead atoms. The standard InChI is InChI=1S/3C18H36O2.C3H7O.Ti/c3*1-17(2)15-13-11-9-7-5-3-4-6-8-10-12-14-16-18(19)20;1-3(2)4;/h3*17H,3-16H2,1-2H3,(H,19,20);3H,1-2H3;/q;;;-1;+1. The van der Waals surface area contributed by atoms with E-state index < -0.39 is 17.9 Å². The second-order valence-electron chi connectivity index (χ2n) is 20.9. The number of carboxylic acid groups (broad SMARTS) is 3. The van der Waals surface area contributed by atoms with Gasteiger partial charge in [-0.05, 0) is 37.0 Å². The Morgan fingerprint density at radius 1 is 0.292 bits per heavy atom. The monoisotopic (exact) mass is 960 g/mol. The van der Waals surface area contributed by atoms with Crippen LogP contribution in [0, 0.1) is 17.8 Å². The summed E-state index contributed by atoms with van der Waals surface area (Å²) in [5.41, 5.74) is 0. The Morgan fingerprint density at radius 2 is 0.415 bits per heavy atom. The van der Waals surface area contributed by atoms with E-state index in [-0.39, 0.29) is 0 Å². The van der Waals surface area contributed by atoms with Gasteiger partial charge in [-0.1, -0.05) is 273 Å². The van der Waals surface area contributed by atoms with E-state index in [0.717, 1.165) is 56.3 Å². The van der Waals surface area contributed by atoms with Crippen LogP contribution in [-0.4, -0.2) is 39.3 Å². The van der Waals surface area contributed by atoms with Crippen molar-refractivity contribution in [3.8, 4) is 0 Å². The Labute approximate surface area is 418 Å².